The fraction of sp³-hybridized carbons (Fsp3) is 0.385. The van der Waals surface area contributed by atoms with Gasteiger partial charge in [0.1, 0.15) is 4.84 Å². The van der Waals surface area contributed by atoms with E-state index in [1.54, 1.807) is 24.3 Å². The minimum absolute atomic E-state index is 0.300. The lowest BCUT2D eigenvalue weighted by Gasteiger charge is -2.19. The van der Waals surface area contributed by atoms with Gasteiger partial charge < -0.3 is 4.74 Å². The molecular formula is C13H13Cl2NO3. The molecule has 0 saturated heterocycles. The Morgan fingerprint density at radius 3 is 2.63 bits per heavy atom. The Hall–Kier alpha value is -1.26. The molecule has 0 aromatic heterocycles. The third-order valence-corrected chi connectivity index (χ3v) is 3.32. The normalized spacial score (nSPS) is 19.2. The number of nitrogens with zero attached hydrogens (tertiary/aromatic N) is 1. The van der Waals surface area contributed by atoms with Gasteiger partial charge in [-0.2, -0.15) is 0 Å². The maximum absolute atomic E-state index is 12.3. The molecule has 0 radical (unpaired) electrons. The molecule has 102 valence electrons. The summed E-state index contributed by atoms with van der Waals surface area (Å²) in [7, 11) is 0. The summed E-state index contributed by atoms with van der Waals surface area (Å²) in [5.74, 6) is -0.376. The van der Waals surface area contributed by atoms with Gasteiger partial charge in [-0.15, -0.1) is 23.2 Å². The van der Waals surface area contributed by atoms with Crippen molar-refractivity contribution in [1.29, 1.82) is 0 Å². The van der Waals surface area contributed by atoms with E-state index in [1.807, 2.05) is 6.92 Å². The number of fused-ring (bicyclic) bond motifs is 1. The molecule has 0 bridgehead atoms. The zero-order valence-electron chi connectivity index (χ0n) is 10.3. The van der Waals surface area contributed by atoms with Crippen molar-refractivity contribution in [1.82, 2.24) is 4.90 Å². The summed E-state index contributed by atoms with van der Waals surface area (Å²) in [6.45, 7) is 2.18. The average Bonchev–Trinajstić information content (AvgIpc) is 2.50. The van der Waals surface area contributed by atoms with Gasteiger partial charge >= 0.3 is 6.09 Å². The Balaban J connectivity index is 2.50. The Bertz CT molecular complexity index is 504. The van der Waals surface area contributed by atoms with Crippen molar-refractivity contribution >= 4 is 35.2 Å². The van der Waals surface area contributed by atoms with Gasteiger partial charge in [-0.3, -0.25) is 4.79 Å². The fourth-order valence-corrected chi connectivity index (χ4v) is 2.38. The van der Waals surface area contributed by atoms with Gasteiger partial charge in [0.15, 0.2) is 6.10 Å². The number of carbonyl (C=O) groups excluding carboxylic acids is 2. The van der Waals surface area contributed by atoms with Crippen molar-refractivity contribution in [2.75, 3.05) is 6.54 Å². The monoisotopic (exact) mass is 301 g/mol. The van der Waals surface area contributed by atoms with Crippen molar-refractivity contribution in [3.63, 3.8) is 0 Å². The molecule has 1 aromatic carbocycles. The molecular weight excluding hydrogens is 289 g/mol. The van der Waals surface area contributed by atoms with Gasteiger partial charge in [-0.1, -0.05) is 25.1 Å². The minimum Gasteiger partial charge on any atom is -0.438 e. The van der Waals surface area contributed by atoms with Crippen LogP contribution in [0.5, 0.6) is 0 Å². The van der Waals surface area contributed by atoms with Crippen molar-refractivity contribution < 1.29 is 14.3 Å². The van der Waals surface area contributed by atoms with Crippen LogP contribution in [0.25, 0.3) is 0 Å². The van der Waals surface area contributed by atoms with Crippen LogP contribution < -0.4 is 0 Å². The number of alkyl halides is 2. The van der Waals surface area contributed by atoms with Crippen molar-refractivity contribution in [3.05, 3.63) is 35.4 Å². The predicted octanol–water partition coefficient (Wildman–Crippen LogP) is 3.53. The summed E-state index contributed by atoms with van der Waals surface area (Å²) in [6.07, 6.45) is -0.893. The van der Waals surface area contributed by atoms with Crippen LogP contribution in [0, 0.1) is 0 Å². The van der Waals surface area contributed by atoms with Gasteiger partial charge in [-0.05, 0) is 12.5 Å². The highest BCUT2D eigenvalue weighted by atomic mass is 35.5. The molecule has 0 spiro atoms. The summed E-state index contributed by atoms with van der Waals surface area (Å²) in [6, 6.07) is 6.81. The molecule has 1 atom stereocenters. The smallest absolute Gasteiger partial charge is 0.417 e. The van der Waals surface area contributed by atoms with E-state index in [4.69, 9.17) is 27.9 Å². The number of benzene rings is 1. The number of ether oxygens (including phenoxy) is 1. The van der Waals surface area contributed by atoms with E-state index in [0.29, 0.717) is 24.1 Å². The molecule has 1 aliphatic rings. The van der Waals surface area contributed by atoms with Crippen LogP contribution in [0.2, 0.25) is 0 Å². The standard InChI is InChI=1S/C13H13Cl2NO3/c1-2-7-16-12(17)9-6-4-3-5-8(9)10(11(14)15)19-13(16)18/h3-6,10-11H,2,7H2,1H3. The number of amides is 2. The first-order valence-electron chi connectivity index (χ1n) is 5.95. The SMILES string of the molecule is CCCN1C(=O)OC(C(Cl)Cl)c2ccccc2C1=O. The molecule has 19 heavy (non-hydrogen) atoms. The van der Waals surface area contributed by atoms with Crippen molar-refractivity contribution in [2.24, 2.45) is 0 Å². The molecule has 4 nitrogen and oxygen atoms in total. The zero-order valence-corrected chi connectivity index (χ0v) is 11.8. The highest BCUT2D eigenvalue weighted by Crippen LogP contribution is 2.34. The highest BCUT2D eigenvalue weighted by molar-refractivity contribution is 6.44. The molecule has 1 aliphatic heterocycles. The molecule has 6 heteroatoms. The Morgan fingerprint density at radius 2 is 2.00 bits per heavy atom. The third kappa shape index (κ3) is 2.69. The van der Waals surface area contributed by atoms with Crippen LogP contribution in [0.15, 0.2) is 24.3 Å². The van der Waals surface area contributed by atoms with Gasteiger partial charge in [0, 0.05) is 17.7 Å². The van der Waals surface area contributed by atoms with Gasteiger partial charge in [0.05, 0.1) is 0 Å². The molecule has 2 rings (SSSR count). The molecule has 0 aliphatic carbocycles. The summed E-state index contributed by atoms with van der Waals surface area (Å²) < 4.78 is 5.24. The summed E-state index contributed by atoms with van der Waals surface area (Å²) in [5.41, 5.74) is 0.938. The van der Waals surface area contributed by atoms with Crippen LogP contribution in [0.4, 0.5) is 4.79 Å². The topological polar surface area (TPSA) is 46.6 Å². The van der Waals surface area contributed by atoms with Crippen molar-refractivity contribution in [2.45, 2.75) is 24.3 Å². The van der Waals surface area contributed by atoms with Gasteiger partial charge in [0.2, 0.25) is 0 Å². The first-order valence-corrected chi connectivity index (χ1v) is 6.83. The number of halogens is 2. The van der Waals surface area contributed by atoms with Crippen LogP contribution in [0.1, 0.15) is 35.4 Å². The van der Waals surface area contributed by atoms with Crippen LogP contribution >= 0.6 is 23.2 Å². The number of hydrogen-bond donors (Lipinski definition) is 0. The average molecular weight is 302 g/mol. The van der Waals surface area contributed by atoms with E-state index in [0.717, 1.165) is 4.90 Å². The second-order valence-corrected chi connectivity index (χ2v) is 5.35. The number of hydrogen-bond acceptors (Lipinski definition) is 3. The van der Waals surface area contributed by atoms with E-state index in [9.17, 15) is 9.59 Å². The van der Waals surface area contributed by atoms with E-state index >= 15 is 0 Å². The van der Waals surface area contributed by atoms with E-state index in [2.05, 4.69) is 0 Å². The summed E-state index contributed by atoms with van der Waals surface area (Å²) in [5, 5.41) is 0. The molecule has 1 aromatic rings. The van der Waals surface area contributed by atoms with Gasteiger partial charge in [0.25, 0.3) is 5.91 Å². The largest absolute Gasteiger partial charge is 0.438 e. The lowest BCUT2D eigenvalue weighted by molar-refractivity contribution is 0.0589. The zero-order chi connectivity index (χ0) is 14.0. The molecule has 0 saturated carbocycles. The van der Waals surface area contributed by atoms with E-state index in [-0.39, 0.29) is 5.91 Å². The lowest BCUT2D eigenvalue weighted by Crippen LogP contribution is -2.36. The fourth-order valence-electron chi connectivity index (χ4n) is 2.01. The molecule has 1 unspecified atom stereocenters. The first kappa shape index (κ1) is 14.2. The predicted molar refractivity (Wildman–Crippen MR) is 72.5 cm³/mol. The van der Waals surface area contributed by atoms with E-state index < -0.39 is 17.0 Å². The van der Waals surface area contributed by atoms with Crippen LogP contribution in [0.3, 0.4) is 0 Å². The Kier molecular flexibility index (Phi) is 4.32. The second kappa shape index (κ2) is 5.80. The summed E-state index contributed by atoms with van der Waals surface area (Å²) >= 11 is 11.7. The maximum Gasteiger partial charge on any atom is 0.417 e. The van der Waals surface area contributed by atoms with E-state index in [1.165, 1.54) is 0 Å². The molecule has 2 amide bonds. The van der Waals surface area contributed by atoms with Gasteiger partial charge in [-0.25, -0.2) is 9.69 Å². The third-order valence-electron chi connectivity index (χ3n) is 2.87. The molecule has 0 N–H and O–H groups in total. The maximum atomic E-state index is 12.3. The molecule has 1 heterocycles. The molecule has 0 fully saturated rings. The number of carbonyl (C=O) groups is 2. The summed E-state index contributed by atoms with van der Waals surface area (Å²) in [4.78, 5) is 24.5. The Morgan fingerprint density at radius 1 is 1.32 bits per heavy atom. The lowest BCUT2D eigenvalue weighted by atomic mass is 10.0. The number of imide groups is 1. The Labute approximate surface area is 121 Å². The minimum atomic E-state index is -0.931. The van der Waals surface area contributed by atoms with Crippen LogP contribution in [-0.2, 0) is 4.74 Å². The van der Waals surface area contributed by atoms with Crippen molar-refractivity contribution in [3.8, 4) is 0 Å². The second-order valence-electron chi connectivity index (χ2n) is 4.18. The first-order chi connectivity index (χ1) is 9.06. The quantitative estimate of drug-likeness (QED) is 0.802. The van der Waals surface area contributed by atoms with Crippen LogP contribution in [-0.4, -0.2) is 28.3 Å². The number of cyclic esters (lactones) is 1. The highest BCUT2D eigenvalue weighted by Gasteiger charge is 2.36. The number of rotatable bonds is 3.